The third kappa shape index (κ3) is 5.15. The molecule has 43 heavy (non-hydrogen) atoms. The van der Waals surface area contributed by atoms with Gasteiger partial charge in [-0.05, 0) is 61.7 Å². The van der Waals surface area contributed by atoms with Gasteiger partial charge in [-0.2, -0.15) is 10.4 Å². The Morgan fingerprint density at radius 2 is 1.81 bits per heavy atom. The molecule has 2 aliphatic rings. The van der Waals surface area contributed by atoms with Crippen LogP contribution in [0.15, 0.2) is 48.8 Å². The second-order valence-electron chi connectivity index (χ2n) is 10.6. The lowest BCUT2D eigenvalue weighted by Gasteiger charge is -2.37. The van der Waals surface area contributed by atoms with Crippen molar-refractivity contribution in [2.24, 2.45) is 5.73 Å². The molecule has 6 rings (SSSR count). The predicted octanol–water partition coefficient (Wildman–Crippen LogP) is 4.74. The van der Waals surface area contributed by atoms with Gasteiger partial charge in [0.2, 0.25) is 5.91 Å². The maximum atomic E-state index is 14.1. The Hall–Kier alpha value is -4.59. The summed E-state index contributed by atoms with van der Waals surface area (Å²) in [5, 5.41) is 15.1. The van der Waals surface area contributed by atoms with E-state index in [0.29, 0.717) is 70.8 Å². The number of nitrogens with two attached hydrogens (primary N) is 1. The molecule has 2 aromatic heterocycles. The normalized spacial score (nSPS) is 15.8. The summed E-state index contributed by atoms with van der Waals surface area (Å²) in [5.74, 6) is -0.163. The minimum absolute atomic E-state index is 0.168. The number of pyridine rings is 1. The summed E-state index contributed by atoms with van der Waals surface area (Å²) < 4.78 is 7.49. The molecule has 0 spiro atoms. The Labute approximate surface area is 258 Å². The summed E-state index contributed by atoms with van der Waals surface area (Å²) in [6.07, 6.45) is 6.47. The number of halogens is 2. The Balaban J connectivity index is 1.56. The zero-order valence-corrected chi connectivity index (χ0v) is 25.0. The lowest BCUT2D eigenvalue weighted by molar-refractivity contribution is 0.0560. The maximum absolute atomic E-state index is 14.1. The molecule has 1 unspecified atom stereocenters. The van der Waals surface area contributed by atoms with E-state index < -0.39 is 5.91 Å². The van der Waals surface area contributed by atoms with Crippen LogP contribution in [0.1, 0.15) is 38.9 Å². The van der Waals surface area contributed by atoms with Gasteiger partial charge in [0, 0.05) is 70.4 Å². The summed E-state index contributed by atoms with van der Waals surface area (Å²) in [7, 11) is 1.59. The number of nitrogens with zero attached hydrogens (tertiary/aromatic N) is 6. The predicted molar refractivity (Wildman–Crippen MR) is 162 cm³/mol. The van der Waals surface area contributed by atoms with E-state index in [2.05, 4.69) is 11.2 Å². The largest absolute Gasteiger partial charge is 0.496 e. The van der Waals surface area contributed by atoms with Crippen molar-refractivity contribution in [3.8, 4) is 40.0 Å². The van der Waals surface area contributed by atoms with E-state index in [0.717, 1.165) is 22.4 Å². The first-order chi connectivity index (χ1) is 20.7. The summed E-state index contributed by atoms with van der Waals surface area (Å²) in [4.78, 5) is 33.6. The number of nitriles is 1. The zero-order valence-electron chi connectivity index (χ0n) is 23.5. The van der Waals surface area contributed by atoms with Crippen molar-refractivity contribution < 1.29 is 14.3 Å². The molecule has 1 atom stereocenters. The summed E-state index contributed by atoms with van der Waals surface area (Å²) >= 11 is 12.8. The summed E-state index contributed by atoms with van der Waals surface area (Å²) in [5.41, 5.74) is 11.5. The van der Waals surface area contributed by atoms with Gasteiger partial charge in [0.15, 0.2) is 11.9 Å². The van der Waals surface area contributed by atoms with Gasteiger partial charge >= 0.3 is 0 Å². The molecule has 0 bridgehead atoms. The minimum atomic E-state index is -0.586. The van der Waals surface area contributed by atoms with Gasteiger partial charge in [0.25, 0.3) is 5.91 Å². The topological polar surface area (TPSA) is 130 Å². The average molecular weight is 617 g/mol. The number of amides is 2. The van der Waals surface area contributed by atoms with Gasteiger partial charge in [0.1, 0.15) is 5.75 Å². The van der Waals surface area contributed by atoms with Crippen LogP contribution in [0.3, 0.4) is 0 Å². The van der Waals surface area contributed by atoms with Crippen molar-refractivity contribution in [1.29, 1.82) is 5.26 Å². The van der Waals surface area contributed by atoms with Crippen LogP contribution >= 0.6 is 23.2 Å². The fourth-order valence-corrected chi connectivity index (χ4v) is 6.41. The number of hydrogen-bond acceptors (Lipinski definition) is 7. The third-order valence-electron chi connectivity index (χ3n) is 7.97. The number of aromatic nitrogens is 3. The molecular weight excluding hydrogens is 589 g/mol. The fourth-order valence-electron chi connectivity index (χ4n) is 5.90. The number of fused-ring (bicyclic) bond motifs is 3. The van der Waals surface area contributed by atoms with E-state index in [4.69, 9.17) is 38.8 Å². The highest BCUT2D eigenvalue weighted by atomic mass is 35.5. The highest BCUT2D eigenvalue weighted by Crippen LogP contribution is 2.43. The summed E-state index contributed by atoms with van der Waals surface area (Å²) in [6, 6.07) is 10.6. The van der Waals surface area contributed by atoms with Gasteiger partial charge < -0.3 is 20.3 Å². The van der Waals surface area contributed by atoms with E-state index in [1.807, 2.05) is 19.1 Å². The van der Waals surface area contributed by atoms with Crippen LogP contribution in [0.4, 0.5) is 0 Å². The highest BCUT2D eigenvalue weighted by Gasteiger charge is 2.35. The van der Waals surface area contributed by atoms with Crippen molar-refractivity contribution in [3.05, 3.63) is 81.2 Å². The number of piperazine rings is 1. The standard InChI is InChI=1S/C31H27Cl2N7O3/c1-17-15-38(16-34)5-6-39(17)31(42)28-24-4-3-18-8-27(43-2)25(19-7-20(30(35)41)14-36-13-19)12-26(18)29(24)40(37-28)23-10-21(32)9-22(33)11-23/h7-14,17H,3-6,15H2,1-2H3,(H2,35,41). The first-order valence-electron chi connectivity index (χ1n) is 13.7. The lowest BCUT2D eigenvalue weighted by Crippen LogP contribution is -2.52. The van der Waals surface area contributed by atoms with Crippen molar-refractivity contribution >= 4 is 35.0 Å². The molecule has 1 aliphatic carbocycles. The van der Waals surface area contributed by atoms with Crippen LogP contribution in [0.2, 0.25) is 10.0 Å². The van der Waals surface area contributed by atoms with E-state index in [-0.39, 0.29) is 17.5 Å². The third-order valence-corrected chi connectivity index (χ3v) is 8.40. The monoisotopic (exact) mass is 615 g/mol. The number of aryl methyl sites for hydroxylation is 1. The fraction of sp³-hybridized carbons (Fsp3) is 0.258. The molecule has 2 amide bonds. The molecular formula is C31H27Cl2N7O3. The van der Waals surface area contributed by atoms with Crippen LogP contribution in [0, 0.1) is 11.5 Å². The van der Waals surface area contributed by atoms with Crippen molar-refractivity contribution in [2.75, 3.05) is 26.7 Å². The van der Waals surface area contributed by atoms with E-state index in [1.54, 1.807) is 52.1 Å². The Bertz CT molecular complexity index is 1810. The Kier molecular flexibility index (Phi) is 7.46. The first-order valence-corrected chi connectivity index (χ1v) is 14.4. The Morgan fingerprint density at radius 3 is 2.49 bits per heavy atom. The molecule has 0 radical (unpaired) electrons. The second kappa shape index (κ2) is 11.2. The molecule has 2 N–H and O–H groups in total. The van der Waals surface area contributed by atoms with Gasteiger partial charge in [-0.3, -0.25) is 14.6 Å². The second-order valence-corrected chi connectivity index (χ2v) is 11.5. The molecule has 10 nitrogen and oxygen atoms in total. The van der Waals surface area contributed by atoms with Gasteiger partial charge in [0.05, 0.1) is 24.1 Å². The van der Waals surface area contributed by atoms with Crippen LogP contribution in [0.25, 0.3) is 28.1 Å². The molecule has 4 aromatic rings. The van der Waals surface area contributed by atoms with Crippen LogP contribution in [0.5, 0.6) is 5.75 Å². The van der Waals surface area contributed by atoms with Gasteiger partial charge in [-0.25, -0.2) is 4.68 Å². The minimum Gasteiger partial charge on any atom is -0.496 e. The van der Waals surface area contributed by atoms with E-state index in [9.17, 15) is 14.9 Å². The number of carbonyl (C=O) groups excluding carboxylic acids is 2. The van der Waals surface area contributed by atoms with E-state index in [1.165, 1.54) is 6.20 Å². The molecule has 1 aliphatic heterocycles. The summed E-state index contributed by atoms with van der Waals surface area (Å²) in [6.45, 7) is 3.27. The molecule has 0 saturated carbocycles. The number of carbonyl (C=O) groups is 2. The van der Waals surface area contributed by atoms with Gasteiger partial charge in [-0.1, -0.05) is 23.2 Å². The van der Waals surface area contributed by atoms with E-state index >= 15 is 0 Å². The number of benzene rings is 2. The number of hydrogen-bond donors (Lipinski definition) is 1. The number of ether oxygens (including phenoxy) is 1. The first kappa shape index (κ1) is 28.5. The van der Waals surface area contributed by atoms with Crippen molar-refractivity contribution in [2.45, 2.75) is 25.8 Å². The molecule has 1 saturated heterocycles. The number of primary amides is 1. The molecule has 1 fully saturated rings. The lowest BCUT2D eigenvalue weighted by atomic mass is 9.86. The smallest absolute Gasteiger partial charge is 0.275 e. The average Bonchev–Trinajstić information content (AvgIpc) is 3.40. The van der Waals surface area contributed by atoms with Crippen LogP contribution in [-0.2, 0) is 12.8 Å². The molecule has 2 aromatic carbocycles. The SMILES string of the molecule is COc1cc2c(cc1-c1cncc(C(N)=O)c1)-c1c(c(C(=O)N3CCN(C#N)CC3C)nn1-c1cc(Cl)cc(Cl)c1)CC2. The van der Waals surface area contributed by atoms with Crippen molar-refractivity contribution in [3.63, 3.8) is 0 Å². The quantitative estimate of drug-likeness (QED) is 0.321. The molecule has 218 valence electrons. The highest BCUT2D eigenvalue weighted by molar-refractivity contribution is 6.34. The van der Waals surface area contributed by atoms with Crippen LogP contribution < -0.4 is 10.5 Å². The Morgan fingerprint density at radius 1 is 1.05 bits per heavy atom. The zero-order chi connectivity index (χ0) is 30.4. The maximum Gasteiger partial charge on any atom is 0.275 e. The van der Waals surface area contributed by atoms with Crippen LogP contribution in [-0.4, -0.2) is 69.2 Å². The van der Waals surface area contributed by atoms with Crippen molar-refractivity contribution in [1.82, 2.24) is 24.6 Å². The molecule has 3 heterocycles. The number of methoxy groups -OCH3 is 1. The van der Waals surface area contributed by atoms with Gasteiger partial charge in [-0.15, -0.1) is 0 Å². The number of rotatable bonds is 5. The molecule has 12 heteroatoms.